The molecule has 0 atom stereocenters. The molecule has 0 unspecified atom stereocenters. The normalized spacial score (nSPS) is 10.1. The number of aliphatic hydroxyl groups is 1. The Morgan fingerprint density at radius 2 is 1.86 bits per heavy atom. The van der Waals surface area contributed by atoms with Gasteiger partial charge in [0, 0.05) is 11.3 Å². The van der Waals surface area contributed by atoms with E-state index in [1.54, 1.807) is 11.3 Å². The predicted octanol–water partition coefficient (Wildman–Crippen LogP) is 3.99. The highest BCUT2D eigenvalue weighted by atomic mass is 32.1. The molecule has 0 aliphatic rings. The summed E-state index contributed by atoms with van der Waals surface area (Å²) in [5.41, 5.74) is 3.62. The molecule has 0 fully saturated rings. The van der Waals surface area contributed by atoms with E-state index in [1.165, 1.54) is 11.1 Å². The van der Waals surface area contributed by atoms with Gasteiger partial charge in [0.05, 0.1) is 11.5 Å². The van der Waals surface area contributed by atoms with Crippen molar-refractivity contribution in [2.24, 2.45) is 0 Å². The van der Waals surface area contributed by atoms with Crippen molar-refractivity contribution in [2.45, 2.75) is 33.8 Å². The standard InChI is InChI=1S/C18H20O2S/c1-13-7-8-14(2)18(15(13)3)20-12-17-10-9-16(21-17)6-4-5-11-19/h7-10,19H,5,11-12H2,1-3H3. The van der Waals surface area contributed by atoms with Crippen LogP contribution in [0.25, 0.3) is 0 Å². The van der Waals surface area contributed by atoms with E-state index in [2.05, 4.69) is 44.7 Å². The molecule has 0 radical (unpaired) electrons. The Morgan fingerprint density at radius 3 is 2.62 bits per heavy atom. The third-order valence-corrected chi connectivity index (χ3v) is 4.32. The number of hydrogen-bond acceptors (Lipinski definition) is 3. The van der Waals surface area contributed by atoms with Crippen LogP contribution in [0.4, 0.5) is 0 Å². The molecule has 0 bridgehead atoms. The lowest BCUT2D eigenvalue weighted by atomic mass is 10.1. The molecule has 2 aromatic rings. The molecular weight excluding hydrogens is 280 g/mol. The topological polar surface area (TPSA) is 29.5 Å². The van der Waals surface area contributed by atoms with Crippen molar-refractivity contribution in [1.82, 2.24) is 0 Å². The first-order valence-corrected chi connectivity index (χ1v) is 7.81. The van der Waals surface area contributed by atoms with Gasteiger partial charge in [0.1, 0.15) is 12.4 Å². The molecule has 0 amide bonds. The maximum absolute atomic E-state index is 8.72. The second kappa shape index (κ2) is 7.31. The summed E-state index contributed by atoms with van der Waals surface area (Å²) in [5, 5.41) is 8.72. The second-order valence-corrected chi connectivity index (χ2v) is 6.15. The zero-order chi connectivity index (χ0) is 15.2. The van der Waals surface area contributed by atoms with E-state index >= 15 is 0 Å². The molecule has 1 aromatic heterocycles. The molecule has 0 spiro atoms. The fraction of sp³-hybridized carbons (Fsp3) is 0.333. The molecule has 0 aliphatic carbocycles. The summed E-state index contributed by atoms with van der Waals surface area (Å²) < 4.78 is 6.00. The van der Waals surface area contributed by atoms with Crippen LogP contribution in [-0.4, -0.2) is 11.7 Å². The summed E-state index contributed by atoms with van der Waals surface area (Å²) in [4.78, 5) is 2.17. The van der Waals surface area contributed by atoms with Crippen molar-refractivity contribution in [1.29, 1.82) is 0 Å². The highest BCUT2D eigenvalue weighted by Gasteiger charge is 2.07. The van der Waals surface area contributed by atoms with Crippen LogP contribution in [0.15, 0.2) is 24.3 Å². The smallest absolute Gasteiger partial charge is 0.125 e. The first-order valence-electron chi connectivity index (χ1n) is 7.00. The van der Waals surface area contributed by atoms with Crippen molar-refractivity contribution in [3.05, 3.63) is 50.7 Å². The van der Waals surface area contributed by atoms with Crippen LogP contribution in [0.2, 0.25) is 0 Å². The average Bonchev–Trinajstić information content (AvgIpc) is 2.91. The molecule has 2 nitrogen and oxygen atoms in total. The predicted molar refractivity (Wildman–Crippen MR) is 87.9 cm³/mol. The van der Waals surface area contributed by atoms with E-state index in [0.29, 0.717) is 13.0 Å². The molecule has 2 rings (SSSR count). The Bertz CT molecular complexity index is 674. The van der Waals surface area contributed by atoms with Crippen LogP contribution in [0.5, 0.6) is 5.75 Å². The Balaban J connectivity index is 2.05. The minimum atomic E-state index is 0.111. The van der Waals surface area contributed by atoms with E-state index in [4.69, 9.17) is 9.84 Å². The van der Waals surface area contributed by atoms with Gasteiger partial charge in [-0.25, -0.2) is 0 Å². The number of rotatable bonds is 4. The largest absolute Gasteiger partial charge is 0.488 e. The van der Waals surface area contributed by atoms with Crippen molar-refractivity contribution in [2.75, 3.05) is 6.61 Å². The molecule has 0 saturated heterocycles. The molecule has 1 heterocycles. The molecule has 21 heavy (non-hydrogen) atoms. The summed E-state index contributed by atoms with van der Waals surface area (Å²) in [6.45, 7) is 6.94. The molecule has 1 aromatic carbocycles. The van der Waals surface area contributed by atoms with Crippen molar-refractivity contribution in [3.8, 4) is 17.6 Å². The highest BCUT2D eigenvalue weighted by Crippen LogP contribution is 2.27. The van der Waals surface area contributed by atoms with Crippen LogP contribution in [0, 0.1) is 32.6 Å². The van der Waals surface area contributed by atoms with Crippen LogP contribution in [0.1, 0.15) is 32.9 Å². The number of benzene rings is 1. The fourth-order valence-electron chi connectivity index (χ4n) is 2.02. The number of thiophene rings is 1. The van der Waals surface area contributed by atoms with Gasteiger partial charge in [-0.15, -0.1) is 11.3 Å². The van der Waals surface area contributed by atoms with E-state index in [0.717, 1.165) is 21.1 Å². The SMILES string of the molecule is Cc1ccc(C)c(OCc2ccc(C#CCCO)s2)c1C. The van der Waals surface area contributed by atoms with Gasteiger partial charge in [-0.1, -0.05) is 24.0 Å². The average molecular weight is 300 g/mol. The lowest BCUT2D eigenvalue weighted by Crippen LogP contribution is -1.98. The second-order valence-electron chi connectivity index (χ2n) is 4.98. The monoisotopic (exact) mass is 300 g/mol. The first-order chi connectivity index (χ1) is 10.1. The van der Waals surface area contributed by atoms with Crippen molar-refractivity contribution < 1.29 is 9.84 Å². The van der Waals surface area contributed by atoms with Gasteiger partial charge in [-0.05, 0) is 49.6 Å². The molecule has 110 valence electrons. The van der Waals surface area contributed by atoms with Crippen LogP contribution in [0.3, 0.4) is 0 Å². The van der Waals surface area contributed by atoms with Crippen LogP contribution >= 0.6 is 11.3 Å². The van der Waals surface area contributed by atoms with Gasteiger partial charge < -0.3 is 9.84 Å². The van der Waals surface area contributed by atoms with E-state index < -0.39 is 0 Å². The summed E-state index contributed by atoms with van der Waals surface area (Å²) in [6.07, 6.45) is 0.519. The van der Waals surface area contributed by atoms with Gasteiger partial charge in [-0.2, -0.15) is 0 Å². The lowest BCUT2D eigenvalue weighted by Gasteiger charge is -2.13. The van der Waals surface area contributed by atoms with Gasteiger partial charge in [0.15, 0.2) is 0 Å². The van der Waals surface area contributed by atoms with E-state index in [1.807, 2.05) is 12.1 Å². The maximum Gasteiger partial charge on any atom is 0.125 e. The molecule has 1 N–H and O–H groups in total. The summed E-state index contributed by atoms with van der Waals surface area (Å²) in [5.74, 6) is 6.97. The Kier molecular flexibility index (Phi) is 5.44. The minimum Gasteiger partial charge on any atom is -0.488 e. The summed E-state index contributed by atoms with van der Waals surface area (Å²) >= 11 is 1.64. The molecule has 3 heteroatoms. The maximum atomic E-state index is 8.72. The van der Waals surface area contributed by atoms with Crippen molar-refractivity contribution >= 4 is 11.3 Å². The Labute approximate surface area is 130 Å². The van der Waals surface area contributed by atoms with E-state index in [-0.39, 0.29) is 6.61 Å². The van der Waals surface area contributed by atoms with Gasteiger partial charge >= 0.3 is 0 Å². The highest BCUT2D eigenvalue weighted by molar-refractivity contribution is 7.12. The Hall–Kier alpha value is -1.76. The van der Waals surface area contributed by atoms with Gasteiger partial charge in [-0.3, -0.25) is 0 Å². The quantitative estimate of drug-likeness (QED) is 0.865. The third-order valence-electron chi connectivity index (χ3n) is 3.34. The first kappa shape index (κ1) is 15.6. The zero-order valence-electron chi connectivity index (χ0n) is 12.7. The summed E-state index contributed by atoms with van der Waals surface area (Å²) in [7, 11) is 0. The Morgan fingerprint density at radius 1 is 1.10 bits per heavy atom. The van der Waals surface area contributed by atoms with Gasteiger partial charge in [0.25, 0.3) is 0 Å². The van der Waals surface area contributed by atoms with Gasteiger partial charge in [0.2, 0.25) is 0 Å². The number of aryl methyl sites for hydroxylation is 2. The number of aliphatic hydroxyl groups excluding tert-OH is 1. The zero-order valence-corrected chi connectivity index (χ0v) is 13.5. The van der Waals surface area contributed by atoms with Crippen LogP contribution < -0.4 is 4.74 Å². The molecule has 0 aliphatic heterocycles. The molecule has 0 saturated carbocycles. The van der Waals surface area contributed by atoms with Crippen molar-refractivity contribution in [3.63, 3.8) is 0 Å². The number of ether oxygens (including phenoxy) is 1. The minimum absolute atomic E-state index is 0.111. The molecular formula is C18H20O2S. The van der Waals surface area contributed by atoms with Crippen LogP contribution in [-0.2, 0) is 6.61 Å². The van der Waals surface area contributed by atoms with E-state index in [9.17, 15) is 0 Å². The third kappa shape index (κ3) is 4.10. The summed E-state index contributed by atoms with van der Waals surface area (Å²) in [6, 6.07) is 8.27. The lowest BCUT2D eigenvalue weighted by molar-refractivity contribution is 0.305. The fourth-order valence-corrected chi connectivity index (χ4v) is 2.81. The number of hydrogen-bond donors (Lipinski definition) is 1.